The molecule has 0 atom stereocenters. The third-order valence-electron chi connectivity index (χ3n) is 5.20. The zero-order valence-electron chi connectivity index (χ0n) is 17.3. The summed E-state index contributed by atoms with van der Waals surface area (Å²) in [5.41, 5.74) is 4.12. The Hall–Kier alpha value is -3.48. The molecule has 7 nitrogen and oxygen atoms in total. The molecule has 2 N–H and O–H groups in total. The van der Waals surface area contributed by atoms with Crippen LogP contribution in [0.4, 0.5) is 5.69 Å². The molecule has 1 aromatic heterocycles. The topological polar surface area (TPSA) is 85.5 Å². The monoisotopic (exact) mass is 407 g/mol. The van der Waals surface area contributed by atoms with Crippen LogP contribution >= 0.6 is 0 Å². The zero-order chi connectivity index (χ0) is 21.1. The van der Waals surface area contributed by atoms with Gasteiger partial charge >= 0.3 is 0 Å². The number of methoxy groups -OCH3 is 3. The Morgan fingerprint density at radius 1 is 1.07 bits per heavy atom. The number of aromatic nitrogens is 2. The maximum absolute atomic E-state index is 12.8. The number of hydrogen-bond acceptors (Lipinski definition) is 5. The molecule has 0 spiro atoms. The zero-order valence-corrected chi connectivity index (χ0v) is 17.3. The normalized spacial score (nSPS) is 13.0. The van der Waals surface area contributed by atoms with Crippen molar-refractivity contribution in [2.24, 2.45) is 0 Å². The van der Waals surface area contributed by atoms with Gasteiger partial charge < -0.3 is 19.5 Å². The summed E-state index contributed by atoms with van der Waals surface area (Å²) in [6, 6.07) is 13.1. The summed E-state index contributed by atoms with van der Waals surface area (Å²) >= 11 is 0. The summed E-state index contributed by atoms with van der Waals surface area (Å²) < 4.78 is 16.0. The first-order valence-corrected chi connectivity index (χ1v) is 9.86. The Labute approximate surface area is 175 Å². The highest BCUT2D eigenvalue weighted by atomic mass is 16.5. The lowest BCUT2D eigenvalue weighted by atomic mass is 10.1. The number of ether oxygens (including phenoxy) is 3. The first kappa shape index (κ1) is 19.8. The van der Waals surface area contributed by atoms with Gasteiger partial charge in [0, 0.05) is 11.5 Å². The van der Waals surface area contributed by atoms with Gasteiger partial charge in [-0.25, -0.2) is 0 Å². The maximum Gasteiger partial charge on any atom is 0.228 e. The lowest BCUT2D eigenvalue weighted by molar-refractivity contribution is -0.115. The van der Waals surface area contributed by atoms with E-state index in [0.717, 1.165) is 41.1 Å². The van der Waals surface area contributed by atoms with Crippen LogP contribution in [0.3, 0.4) is 0 Å². The molecule has 0 bridgehead atoms. The number of carbonyl (C=O) groups is 1. The highest BCUT2D eigenvalue weighted by Gasteiger charge is 2.31. The summed E-state index contributed by atoms with van der Waals surface area (Å²) in [7, 11) is 4.81. The molecule has 30 heavy (non-hydrogen) atoms. The molecule has 0 radical (unpaired) electrons. The Balaban J connectivity index is 1.62. The van der Waals surface area contributed by atoms with Crippen LogP contribution in [0.1, 0.15) is 30.0 Å². The van der Waals surface area contributed by atoms with Crippen molar-refractivity contribution in [1.82, 2.24) is 10.2 Å². The molecule has 1 amide bonds. The van der Waals surface area contributed by atoms with Gasteiger partial charge in [0.1, 0.15) is 11.4 Å². The molecule has 4 rings (SSSR count). The summed E-state index contributed by atoms with van der Waals surface area (Å²) in [4.78, 5) is 12.8. The Kier molecular flexibility index (Phi) is 5.61. The van der Waals surface area contributed by atoms with Gasteiger partial charge in [0.05, 0.1) is 39.1 Å². The van der Waals surface area contributed by atoms with Crippen LogP contribution in [-0.2, 0) is 11.2 Å². The second-order valence-corrected chi connectivity index (χ2v) is 7.28. The van der Waals surface area contributed by atoms with Gasteiger partial charge in [-0.3, -0.25) is 9.89 Å². The average molecular weight is 407 g/mol. The van der Waals surface area contributed by atoms with Crippen LogP contribution in [0.5, 0.6) is 17.2 Å². The predicted molar refractivity (Wildman–Crippen MR) is 114 cm³/mol. The molecule has 1 heterocycles. The van der Waals surface area contributed by atoms with E-state index in [1.807, 2.05) is 42.5 Å². The predicted octanol–water partition coefficient (Wildman–Crippen LogP) is 4.16. The molecule has 0 saturated heterocycles. The minimum atomic E-state index is -0.103. The number of nitrogens with one attached hydrogen (secondary N) is 2. The molecule has 0 unspecified atom stereocenters. The summed E-state index contributed by atoms with van der Waals surface area (Å²) in [5, 5.41) is 10.7. The van der Waals surface area contributed by atoms with Crippen LogP contribution in [0, 0.1) is 0 Å². The van der Waals surface area contributed by atoms with Gasteiger partial charge in [-0.05, 0) is 48.7 Å². The maximum atomic E-state index is 12.8. The van der Waals surface area contributed by atoms with E-state index in [-0.39, 0.29) is 12.3 Å². The van der Waals surface area contributed by atoms with E-state index >= 15 is 0 Å². The van der Waals surface area contributed by atoms with E-state index in [1.165, 1.54) is 0 Å². The van der Waals surface area contributed by atoms with Gasteiger partial charge in [0.25, 0.3) is 0 Å². The quantitative estimate of drug-likeness (QED) is 0.586. The highest BCUT2D eigenvalue weighted by Crippen LogP contribution is 2.45. The van der Waals surface area contributed by atoms with E-state index in [9.17, 15) is 4.79 Å². The molecule has 2 aromatic carbocycles. The van der Waals surface area contributed by atoms with Crippen molar-refractivity contribution in [3.05, 3.63) is 53.7 Å². The van der Waals surface area contributed by atoms with E-state index < -0.39 is 0 Å². The molecular weight excluding hydrogens is 382 g/mol. The number of H-pyrrole nitrogens is 1. The first-order chi connectivity index (χ1) is 14.6. The number of amides is 1. The first-order valence-electron chi connectivity index (χ1n) is 9.86. The van der Waals surface area contributed by atoms with Crippen LogP contribution < -0.4 is 19.5 Å². The minimum Gasteiger partial charge on any atom is -0.497 e. The molecule has 3 aromatic rings. The smallest absolute Gasteiger partial charge is 0.228 e. The van der Waals surface area contributed by atoms with Gasteiger partial charge in [-0.2, -0.15) is 5.10 Å². The Morgan fingerprint density at radius 2 is 1.87 bits per heavy atom. The molecular formula is C23H25N3O4. The molecule has 1 fully saturated rings. The third-order valence-corrected chi connectivity index (χ3v) is 5.20. The fraction of sp³-hybridized carbons (Fsp3) is 0.304. The number of aromatic amines is 1. The standard InChI is InChI=1S/C23H25N3O4/c1-28-17-6-4-5-14(11-17)12-20(27)24-23-21(15-7-8-15)25-26-22(23)16-9-10-18(29-2)19(13-16)30-3/h4-6,9-11,13,15H,7-8,12H2,1-3H3,(H,24,27)(H,25,26). The third kappa shape index (κ3) is 4.10. The van der Waals surface area contributed by atoms with Crippen molar-refractivity contribution in [1.29, 1.82) is 0 Å². The van der Waals surface area contributed by atoms with Crippen LogP contribution in [-0.4, -0.2) is 37.4 Å². The van der Waals surface area contributed by atoms with Gasteiger partial charge in [0.2, 0.25) is 5.91 Å². The molecule has 0 aliphatic heterocycles. The van der Waals surface area contributed by atoms with Crippen molar-refractivity contribution in [2.45, 2.75) is 25.2 Å². The molecule has 7 heteroatoms. The van der Waals surface area contributed by atoms with Crippen LogP contribution in [0.25, 0.3) is 11.3 Å². The Bertz CT molecular complexity index is 1060. The molecule has 1 aliphatic carbocycles. The fourth-order valence-corrected chi connectivity index (χ4v) is 3.49. The number of nitrogens with zero attached hydrogens (tertiary/aromatic N) is 1. The van der Waals surface area contributed by atoms with E-state index in [0.29, 0.717) is 23.1 Å². The fourth-order valence-electron chi connectivity index (χ4n) is 3.49. The van der Waals surface area contributed by atoms with Gasteiger partial charge in [-0.1, -0.05) is 12.1 Å². The van der Waals surface area contributed by atoms with Gasteiger partial charge in [0.15, 0.2) is 11.5 Å². The van der Waals surface area contributed by atoms with Crippen LogP contribution in [0.15, 0.2) is 42.5 Å². The molecule has 156 valence electrons. The van der Waals surface area contributed by atoms with E-state index in [4.69, 9.17) is 14.2 Å². The highest BCUT2D eigenvalue weighted by molar-refractivity contribution is 5.97. The molecule has 1 saturated carbocycles. The van der Waals surface area contributed by atoms with E-state index in [1.54, 1.807) is 21.3 Å². The summed E-state index contributed by atoms with van der Waals surface area (Å²) in [6.45, 7) is 0. The van der Waals surface area contributed by atoms with Crippen molar-refractivity contribution in [2.75, 3.05) is 26.6 Å². The number of benzene rings is 2. The van der Waals surface area contributed by atoms with Crippen LogP contribution in [0.2, 0.25) is 0 Å². The van der Waals surface area contributed by atoms with Crippen molar-refractivity contribution in [3.63, 3.8) is 0 Å². The van der Waals surface area contributed by atoms with Crippen molar-refractivity contribution in [3.8, 4) is 28.5 Å². The number of carbonyl (C=O) groups excluding carboxylic acids is 1. The SMILES string of the molecule is COc1cccc(CC(=O)Nc2c(-c3ccc(OC)c(OC)c3)n[nH]c2C2CC2)c1. The number of anilines is 1. The second kappa shape index (κ2) is 8.49. The minimum absolute atomic E-state index is 0.103. The van der Waals surface area contributed by atoms with E-state index in [2.05, 4.69) is 15.5 Å². The number of hydrogen-bond donors (Lipinski definition) is 2. The largest absolute Gasteiger partial charge is 0.497 e. The molecule has 1 aliphatic rings. The second-order valence-electron chi connectivity index (χ2n) is 7.28. The van der Waals surface area contributed by atoms with Gasteiger partial charge in [-0.15, -0.1) is 0 Å². The lowest BCUT2D eigenvalue weighted by Crippen LogP contribution is -2.15. The lowest BCUT2D eigenvalue weighted by Gasteiger charge is -2.11. The summed E-state index contributed by atoms with van der Waals surface area (Å²) in [5.74, 6) is 2.28. The average Bonchev–Trinajstić information content (AvgIpc) is 3.53. The Morgan fingerprint density at radius 3 is 2.57 bits per heavy atom. The van der Waals surface area contributed by atoms with Crippen molar-refractivity contribution >= 4 is 11.6 Å². The van der Waals surface area contributed by atoms with Crippen molar-refractivity contribution < 1.29 is 19.0 Å². The summed E-state index contributed by atoms with van der Waals surface area (Å²) in [6.07, 6.45) is 2.43. The number of rotatable bonds is 8.